The van der Waals surface area contributed by atoms with Gasteiger partial charge in [0.1, 0.15) is 25.4 Å². The average Bonchev–Trinajstić information content (AvgIpc) is 2.49. The Morgan fingerprint density at radius 1 is 1.04 bits per heavy atom. The summed E-state index contributed by atoms with van der Waals surface area (Å²) in [5.74, 6) is -1.05. The summed E-state index contributed by atoms with van der Waals surface area (Å²) in [6, 6.07) is 0. The molecule has 0 spiro atoms. The van der Waals surface area contributed by atoms with Crippen LogP contribution in [-0.2, 0) is 33.3 Å². The normalized spacial score (nSPS) is 30.6. The summed E-state index contributed by atoms with van der Waals surface area (Å²) < 4.78 is 21.7. The zero-order chi connectivity index (χ0) is 17.6. The first kappa shape index (κ1) is 19.6. The van der Waals surface area contributed by atoms with E-state index in [-0.39, 0.29) is 30.8 Å². The fourth-order valence-electron chi connectivity index (χ4n) is 2.44. The van der Waals surface area contributed by atoms with E-state index in [1.165, 1.54) is 13.8 Å². The Morgan fingerprint density at radius 2 is 1.70 bits per heavy atom. The van der Waals surface area contributed by atoms with Crippen molar-refractivity contribution in [2.75, 3.05) is 13.2 Å². The highest BCUT2D eigenvalue weighted by molar-refractivity contribution is 5.79. The molecule has 1 rings (SSSR count). The number of ketones is 1. The summed E-state index contributed by atoms with van der Waals surface area (Å²) >= 11 is 0. The molecule has 1 aliphatic heterocycles. The largest absolute Gasteiger partial charge is 0.463 e. The maximum atomic E-state index is 11.4. The molecule has 0 N–H and O–H groups in total. The molecule has 1 saturated heterocycles. The van der Waals surface area contributed by atoms with Crippen molar-refractivity contribution in [2.45, 2.75) is 59.5 Å². The van der Waals surface area contributed by atoms with Crippen LogP contribution in [0.5, 0.6) is 0 Å². The third kappa shape index (κ3) is 5.91. The number of carbonyl (C=O) groups is 3. The van der Waals surface area contributed by atoms with E-state index in [0.717, 1.165) is 0 Å². The van der Waals surface area contributed by atoms with Crippen LogP contribution in [-0.4, -0.2) is 49.4 Å². The molecular formula is C16H26O7. The highest BCUT2D eigenvalue weighted by atomic mass is 16.7. The molecule has 1 fully saturated rings. The number of hydrogen-bond donors (Lipinski definition) is 0. The lowest BCUT2D eigenvalue weighted by Gasteiger charge is -2.43. The standard InChI is InChI=1S/C16H26O7/c1-6-13(19)7-21-16-10(3)9(2)15(22-12(5)18)14(23-16)8-20-11(4)17/h9-10,14-16H,6-8H2,1-5H3. The van der Waals surface area contributed by atoms with Crippen molar-refractivity contribution >= 4 is 17.7 Å². The van der Waals surface area contributed by atoms with Gasteiger partial charge < -0.3 is 18.9 Å². The molecule has 132 valence electrons. The molecule has 0 bridgehead atoms. The summed E-state index contributed by atoms with van der Waals surface area (Å²) in [5.41, 5.74) is 0. The highest BCUT2D eigenvalue weighted by Crippen LogP contribution is 2.33. The lowest BCUT2D eigenvalue weighted by molar-refractivity contribution is -0.271. The first-order chi connectivity index (χ1) is 10.8. The average molecular weight is 330 g/mol. The Bertz CT molecular complexity index is 434. The second-order valence-electron chi connectivity index (χ2n) is 5.84. The summed E-state index contributed by atoms with van der Waals surface area (Å²) in [4.78, 5) is 33.8. The van der Waals surface area contributed by atoms with Gasteiger partial charge in [-0.1, -0.05) is 20.8 Å². The van der Waals surface area contributed by atoms with E-state index in [0.29, 0.717) is 6.42 Å². The summed E-state index contributed by atoms with van der Waals surface area (Å²) in [6.45, 7) is 8.14. The molecule has 0 amide bonds. The Morgan fingerprint density at radius 3 is 2.22 bits per heavy atom. The van der Waals surface area contributed by atoms with Crippen LogP contribution in [0.15, 0.2) is 0 Å². The van der Waals surface area contributed by atoms with Crippen molar-refractivity contribution in [3.63, 3.8) is 0 Å². The second-order valence-corrected chi connectivity index (χ2v) is 5.84. The summed E-state index contributed by atoms with van der Waals surface area (Å²) in [5, 5.41) is 0. The molecule has 5 atom stereocenters. The van der Waals surface area contributed by atoms with E-state index in [1.54, 1.807) is 6.92 Å². The van der Waals surface area contributed by atoms with Crippen LogP contribution in [0.4, 0.5) is 0 Å². The van der Waals surface area contributed by atoms with Gasteiger partial charge in [0.15, 0.2) is 12.1 Å². The van der Waals surface area contributed by atoms with Gasteiger partial charge in [0.2, 0.25) is 0 Å². The predicted octanol–water partition coefficient (Wildman–Crippen LogP) is 1.47. The SMILES string of the molecule is CCC(=O)COC1OC(COC(C)=O)C(OC(C)=O)C(C)C1C. The minimum Gasteiger partial charge on any atom is -0.463 e. The molecule has 7 nitrogen and oxygen atoms in total. The van der Waals surface area contributed by atoms with Gasteiger partial charge in [-0.2, -0.15) is 0 Å². The van der Waals surface area contributed by atoms with Gasteiger partial charge in [0.25, 0.3) is 0 Å². The Hall–Kier alpha value is -1.47. The van der Waals surface area contributed by atoms with E-state index < -0.39 is 30.4 Å². The molecule has 0 aromatic carbocycles. The first-order valence-electron chi connectivity index (χ1n) is 7.85. The van der Waals surface area contributed by atoms with Crippen molar-refractivity contribution < 1.29 is 33.3 Å². The Balaban J connectivity index is 2.80. The predicted molar refractivity (Wildman–Crippen MR) is 80.4 cm³/mol. The number of rotatable bonds is 7. The lowest BCUT2D eigenvalue weighted by Crippen LogP contribution is -2.53. The van der Waals surface area contributed by atoms with Crippen LogP contribution >= 0.6 is 0 Å². The number of ether oxygens (including phenoxy) is 4. The quantitative estimate of drug-likeness (QED) is 0.653. The molecule has 0 aromatic heterocycles. The maximum Gasteiger partial charge on any atom is 0.303 e. The summed E-state index contributed by atoms with van der Waals surface area (Å²) in [6.07, 6.45) is -1.39. The molecular weight excluding hydrogens is 304 g/mol. The van der Waals surface area contributed by atoms with Crippen molar-refractivity contribution in [3.05, 3.63) is 0 Å². The van der Waals surface area contributed by atoms with Gasteiger partial charge in [-0.3, -0.25) is 14.4 Å². The Labute approximate surface area is 136 Å². The second kappa shape index (κ2) is 8.98. The molecule has 1 aliphatic rings. The van der Waals surface area contributed by atoms with Gasteiger partial charge >= 0.3 is 11.9 Å². The Kier molecular flexibility index (Phi) is 7.64. The molecule has 7 heteroatoms. The monoisotopic (exact) mass is 330 g/mol. The van der Waals surface area contributed by atoms with E-state index in [1.807, 2.05) is 13.8 Å². The maximum absolute atomic E-state index is 11.4. The van der Waals surface area contributed by atoms with Gasteiger partial charge in [0.05, 0.1) is 0 Å². The van der Waals surface area contributed by atoms with Crippen molar-refractivity contribution in [2.24, 2.45) is 11.8 Å². The number of carbonyl (C=O) groups excluding carboxylic acids is 3. The topological polar surface area (TPSA) is 88.1 Å². The van der Waals surface area contributed by atoms with Crippen LogP contribution in [0.25, 0.3) is 0 Å². The molecule has 0 saturated carbocycles. The van der Waals surface area contributed by atoms with Crippen molar-refractivity contribution in [1.29, 1.82) is 0 Å². The fraction of sp³-hybridized carbons (Fsp3) is 0.812. The molecule has 1 heterocycles. The number of esters is 2. The van der Waals surface area contributed by atoms with Gasteiger partial charge in [-0.15, -0.1) is 0 Å². The highest BCUT2D eigenvalue weighted by Gasteiger charge is 2.44. The van der Waals surface area contributed by atoms with Crippen molar-refractivity contribution in [1.82, 2.24) is 0 Å². The van der Waals surface area contributed by atoms with Gasteiger partial charge in [0, 0.05) is 32.1 Å². The van der Waals surface area contributed by atoms with E-state index >= 15 is 0 Å². The first-order valence-corrected chi connectivity index (χ1v) is 7.85. The molecule has 23 heavy (non-hydrogen) atoms. The van der Waals surface area contributed by atoms with E-state index in [9.17, 15) is 14.4 Å². The minimum absolute atomic E-state index is 0.0212. The van der Waals surface area contributed by atoms with E-state index in [4.69, 9.17) is 18.9 Å². The summed E-state index contributed by atoms with van der Waals surface area (Å²) in [7, 11) is 0. The van der Waals surface area contributed by atoms with Crippen LogP contribution < -0.4 is 0 Å². The molecule has 0 aliphatic carbocycles. The zero-order valence-electron chi connectivity index (χ0n) is 14.4. The van der Waals surface area contributed by atoms with Crippen LogP contribution in [0.2, 0.25) is 0 Å². The molecule has 5 unspecified atom stereocenters. The van der Waals surface area contributed by atoms with Crippen LogP contribution in [0, 0.1) is 11.8 Å². The van der Waals surface area contributed by atoms with Crippen LogP contribution in [0.3, 0.4) is 0 Å². The minimum atomic E-state index is -0.629. The molecule has 0 radical (unpaired) electrons. The van der Waals surface area contributed by atoms with Gasteiger partial charge in [-0.05, 0) is 0 Å². The van der Waals surface area contributed by atoms with Crippen molar-refractivity contribution in [3.8, 4) is 0 Å². The van der Waals surface area contributed by atoms with Gasteiger partial charge in [-0.25, -0.2) is 0 Å². The third-order valence-corrected chi connectivity index (χ3v) is 4.01. The smallest absolute Gasteiger partial charge is 0.303 e. The fourth-order valence-corrected chi connectivity index (χ4v) is 2.44. The number of Topliss-reactive ketones (excluding diaryl/α,β-unsaturated/α-hetero) is 1. The van der Waals surface area contributed by atoms with Crippen LogP contribution in [0.1, 0.15) is 41.0 Å². The lowest BCUT2D eigenvalue weighted by atomic mass is 9.84. The molecule has 0 aromatic rings. The zero-order valence-corrected chi connectivity index (χ0v) is 14.4. The number of hydrogen-bond acceptors (Lipinski definition) is 7. The van der Waals surface area contributed by atoms with E-state index in [2.05, 4.69) is 0 Å². The third-order valence-electron chi connectivity index (χ3n) is 4.01.